The zero-order chi connectivity index (χ0) is 11.6. The first-order valence-corrected chi connectivity index (χ1v) is 5.03. The summed E-state index contributed by atoms with van der Waals surface area (Å²) in [5, 5.41) is 16.1. The molecule has 0 spiro atoms. The Labute approximate surface area is 91.9 Å². The van der Waals surface area contributed by atoms with E-state index in [0.29, 0.717) is 18.9 Å². The Kier molecular flexibility index (Phi) is 2.84. The summed E-state index contributed by atoms with van der Waals surface area (Å²) in [6, 6.07) is -0.327. The highest BCUT2D eigenvalue weighted by atomic mass is 16.5. The number of tetrazole rings is 1. The van der Waals surface area contributed by atoms with Gasteiger partial charge >= 0.3 is 0 Å². The third-order valence-corrected chi connectivity index (χ3v) is 2.60. The van der Waals surface area contributed by atoms with Crippen LogP contribution < -0.4 is 11.1 Å². The van der Waals surface area contributed by atoms with Crippen molar-refractivity contribution in [2.24, 2.45) is 5.73 Å². The van der Waals surface area contributed by atoms with Crippen LogP contribution in [-0.4, -0.2) is 45.3 Å². The SMILES string of the molecule is CC(NC(=O)C1(N)CCOC1)c1nn[nH]n1. The lowest BCUT2D eigenvalue weighted by molar-refractivity contribution is -0.127. The molecule has 1 amide bonds. The molecule has 1 saturated heterocycles. The van der Waals surface area contributed by atoms with Crippen molar-refractivity contribution >= 4 is 5.91 Å². The summed E-state index contributed by atoms with van der Waals surface area (Å²) >= 11 is 0. The molecule has 2 unspecified atom stereocenters. The van der Waals surface area contributed by atoms with Crippen LogP contribution in [0.5, 0.6) is 0 Å². The average Bonchev–Trinajstić information content (AvgIpc) is 2.88. The molecule has 4 N–H and O–H groups in total. The first-order valence-electron chi connectivity index (χ1n) is 5.03. The van der Waals surface area contributed by atoms with Gasteiger partial charge in [0.25, 0.3) is 0 Å². The third kappa shape index (κ3) is 2.02. The van der Waals surface area contributed by atoms with Crippen LogP contribution >= 0.6 is 0 Å². The molecule has 1 fully saturated rings. The van der Waals surface area contributed by atoms with Gasteiger partial charge in [-0.15, -0.1) is 10.2 Å². The second kappa shape index (κ2) is 4.14. The number of amides is 1. The van der Waals surface area contributed by atoms with E-state index in [1.807, 2.05) is 0 Å². The fourth-order valence-corrected chi connectivity index (χ4v) is 1.52. The van der Waals surface area contributed by atoms with Crippen molar-refractivity contribution in [2.45, 2.75) is 24.9 Å². The summed E-state index contributed by atoms with van der Waals surface area (Å²) in [5.74, 6) is 0.179. The summed E-state index contributed by atoms with van der Waals surface area (Å²) < 4.78 is 5.12. The average molecular weight is 226 g/mol. The molecule has 1 aliphatic heterocycles. The Balaban J connectivity index is 1.97. The van der Waals surface area contributed by atoms with Gasteiger partial charge in [-0.2, -0.15) is 5.21 Å². The standard InChI is InChI=1S/C8H14N6O2/c1-5(6-11-13-14-12-6)10-7(15)8(9)2-3-16-4-8/h5H,2-4,9H2,1H3,(H,10,15)(H,11,12,13,14). The Morgan fingerprint density at radius 1 is 1.75 bits per heavy atom. The van der Waals surface area contributed by atoms with Crippen LogP contribution in [0.3, 0.4) is 0 Å². The summed E-state index contributed by atoms with van der Waals surface area (Å²) in [5.41, 5.74) is 4.97. The summed E-state index contributed by atoms with van der Waals surface area (Å²) in [4.78, 5) is 11.9. The molecule has 8 heteroatoms. The van der Waals surface area contributed by atoms with Crippen molar-refractivity contribution < 1.29 is 9.53 Å². The number of carbonyl (C=O) groups is 1. The molecule has 2 atom stereocenters. The predicted octanol–water partition coefficient (Wildman–Crippen LogP) is -1.51. The molecule has 2 heterocycles. The van der Waals surface area contributed by atoms with Gasteiger partial charge in [-0.1, -0.05) is 5.21 Å². The summed E-state index contributed by atoms with van der Waals surface area (Å²) in [7, 11) is 0. The van der Waals surface area contributed by atoms with E-state index < -0.39 is 5.54 Å². The van der Waals surface area contributed by atoms with Gasteiger partial charge in [-0.05, 0) is 13.3 Å². The van der Waals surface area contributed by atoms with E-state index in [1.54, 1.807) is 6.92 Å². The quantitative estimate of drug-likeness (QED) is 0.576. The highest BCUT2D eigenvalue weighted by Crippen LogP contribution is 2.17. The molecule has 8 nitrogen and oxygen atoms in total. The largest absolute Gasteiger partial charge is 0.379 e. The van der Waals surface area contributed by atoms with Crippen LogP contribution in [0.25, 0.3) is 0 Å². The molecule has 0 bridgehead atoms. The van der Waals surface area contributed by atoms with Crippen molar-refractivity contribution in [1.82, 2.24) is 25.9 Å². The molecular weight excluding hydrogens is 212 g/mol. The molecule has 2 rings (SSSR count). The number of hydrogen-bond acceptors (Lipinski definition) is 6. The Bertz CT molecular complexity index is 359. The van der Waals surface area contributed by atoms with Crippen LogP contribution in [0, 0.1) is 0 Å². The van der Waals surface area contributed by atoms with Gasteiger partial charge in [0.05, 0.1) is 12.6 Å². The van der Waals surface area contributed by atoms with E-state index in [9.17, 15) is 4.79 Å². The van der Waals surface area contributed by atoms with Gasteiger partial charge in [0.1, 0.15) is 5.54 Å². The zero-order valence-electron chi connectivity index (χ0n) is 8.93. The number of rotatable bonds is 3. The normalized spacial score (nSPS) is 26.6. The number of nitrogens with zero attached hydrogens (tertiary/aromatic N) is 3. The van der Waals surface area contributed by atoms with E-state index >= 15 is 0 Å². The van der Waals surface area contributed by atoms with Crippen molar-refractivity contribution in [2.75, 3.05) is 13.2 Å². The lowest BCUT2D eigenvalue weighted by atomic mass is 9.99. The van der Waals surface area contributed by atoms with Crippen molar-refractivity contribution in [3.8, 4) is 0 Å². The first kappa shape index (κ1) is 11.0. The van der Waals surface area contributed by atoms with Gasteiger partial charge < -0.3 is 15.8 Å². The smallest absolute Gasteiger partial charge is 0.243 e. The lowest BCUT2D eigenvalue weighted by Gasteiger charge is -2.22. The minimum Gasteiger partial charge on any atom is -0.379 e. The molecule has 0 aromatic carbocycles. The third-order valence-electron chi connectivity index (χ3n) is 2.60. The number of ether oxygens (including phenoxy) is 1. The first-order chi connectivity index (χ1) is 7.62. The number of hydrogen-bond donors (Lipinski definition) is 3. The van der Waals surface area contributed by atoms with E-state index in [2.05, 4.69) is 25.9 Å². The highest BCUT2D eigenvalue weighted by Gasteiger charge is 2.39. The summed E-state index contributed by atoms with van der Waals surface area (Å²) in [6.45, 7) is 2.53. The highest BCUT2D eigenvalue weighted by molar-refractivity contribution is 5.86. The number of nitrogens with two attached hydrogens (primary N) is 1. The molecule has 1 aromatic rings. The van der Waals surface area contributed by atoms with Crippen LogP contribution in [0.15, 0.2) is 0 Å². The Morgan fingerprint density at radius 2 is 2.56 bits per heavy atom. The zero-order valence-corrected chi connectivity index (χ0v) is 8.93. The fourth-order valence-electron chi connectivity index (χ4n) is 1.52. The molecular formula is C8H14N6O2. The predicted molar refractivity (Wildman–Crippen MR) is 53.1 cm³/mol. The number of aromatic nitrogens is 4. The number of carbonyl (C=O) groups excluding carboxylic acids is 1. The molecule has 1 aliphatic rings. The summed E-state index contributed by atoms with van der Waals surface area (Å²) in [6.07, 6.45) is 0.526. The number of aromatic amines is 1. The second-order valence-corrected chi connectivity index (χ2v) is 3.92. The molecule has 88 valence electrons. The molecule has 1 aromatic heterocycles. The maximum Gasteiger partial charge on any atom is 0.243 e. The Hall–Kier alpha value is -1.54. The molecule has 0 radical (unpaired) electrons. The van der Waals surface area contributed by atoms with Crippen LogP contribution in [-0.2, 0) is 9.53 Å². The fraction of sp³-hybridized carbons (Fsp3) is 0.750. The second-order valence-electron chi connectivity index (χ2n) is 3.92. The minimum atomic E-state index is -0.933. The van der Waals surface area contributed by atoms with Crippen molar-refractivity contribution in [3.05, 3.63) is 5.82 Å². The van der Waals surface area contributed by atoms with E-state index in [0.717, 1.165) is 0 Å². The lowest BCUT2D eigenvalue weighted by Crippen LogP contribution is -2.55. The number of H-pyrrole nitrogens is 1. The van der Waals surface area contributed by atoms with E-state index in [-0.39, 0.29) is 18.6 Å². The van der Waals surface area contributed by atoms with Gasteiger partial charge in [-0.25, -0.2) is 0 Å². The minimum absolute atomic E-state index is 0.248. The topological polar surface area (TPSA) is 119 Å². The molecule has 16 heavy (non-hydrogen) atoms. The van der Waals surface area contributed by atoms with E-state index in [4.69, 9.17) is 10.5 Å². The molecule has 0 saturated carbocycles. The maximum atomic E-state index is 11.9. The number of nitrogens with one attached hydrogen (secondary N) is 2. The van der Waals surface area contributed by atoms with Crippen molar-refractivity contribution in [1.29, 1.82) is 0 Å². The molecule has 0 aliphatic carbocycles. The van der Waals surface area contributed by atoms with Crippen LogP contribution in [0.2, 0.25) is 0 Å². The maximum absolute atomic E-state index is 11.9. The van der Waals surface area contributed by atoms with Gasteiger partial charge in [-0.3, -0.25) is 4.79 Å². The monoisotopic (exact) mass is 226 g/mol. The van der Waals surface area contributed by atoms with Gasteiger partial charge in [0.15, 0.2) is 5.82 Å². The van der Waals surface area contributed by atoms with E-state index in [1.165, 1.54) is 0 Å². The van der Waals surface area contributed by atoms with Crippen LogP contribution in [0.4, 0.5) is 0 Å². The van der Waals surface area contributed by atoms with Gasteiger partial charge in [0, 0.05) is 6.61 Å². The van der Waals surface area contributed by atoms with Gasteiger partial charge in [0.2, 0.25) is 5.91 Å². The Morgan fingerprint density at radius 3 is 3.12 bits per heavy atom. The van der Waals surface area contributed by atoms with Crippen LogP contribution in [0.1, 0.15) is 25.2 Å². The van der Waals surface area contributed by atoms with Crippen molar-refractivity contribution in [3.63, 3.8) is 0 Å².